The molecule has 0 bridgehead atoms. The van der Waals surface area contributed by atoms with Crippen LogP contribution in [0.25, 0.3) is 6.08 Å². The Morgan fingerprint density at radius 1 is 1.00 bits per heavy atom. The van der Waals surface area contributed by atoms with Crippen LogP contribution in [0, 0.1) is 6.92 Å². The molecule has 0 saturated heterocycles. The van der Waals surface area contributed by atoms with Crippen molar-refractivity contribution in [3.63, 3.8) is 0 Å². The van der Waals surface area contributed by atoms with Gasteiger partial charge in [-0.25, -0.2) is 4.79 Å². The number of ether oxygens (including phenoxy) is 2. The Balaban J connectivity index is 1.57. The highest BCUT2D eigenvalue weighted by molar-refractivity contribution is 6.30. The van der Waals surface area contributed by atoms with Crippen molar-refractivity contribution in [3.05, 3.63) is 99.3 Å². The summed E-state index contributed by atoms with van der Waals surface area (Å²) in [6, 6.07) is 17.7. The van der Waals surface area contributed by atoms with Crippen molar-refractivity contribution in [1.29, 1.82) is 0 Å². The largest absolute Gasteiger partial charge is 0.452 e. The minimum atomic E-state index is -0.514. The van der Waals surface area contributed by atoms with E-state index < -0.39 is 5.97 Å². The number of esters is 1. The maximum absolute atomic E-state index is 12.9. The lowest BCUT2D eigenvalue weighted by molar-refractivity contribution is 0.0734. The summed E-state index contributed by atoms with van der Waals surface area (Å²) in [7, 11) is 0. The number of rotatable bonds is 3. The number of benzene rings is 3. The number of halogens is 1. The van der Waals surface area contributed by atoms with Crippen molar-refractivity contribution < 1.29 is 19.1 Å². The number of aryl methyl sites for hydroxylation is 1. The van der Waals surface area contributed by atoms with Crippen molar-refractivity contribution in [3.8, 4) is 11.5 Å². The van der Waals surface area contributed by atoms with Crippen LogP contribution < -0.4 is 9.47 Å². The van der Waals surface area contributed by atoms with Gasteiger partial charge in [0.1, 0.15) is 11.5 Å². The molecule has 0 spiro atoms. The van der Waals surface area contributed by atoms with Gasteiger partial charge < -0.3 is 9.47 Å². The molecule has 3 aromatic rings. The third-order valence-electron chi connectivity index (χ3n) is 5.31. The van der Waals surface area contributed by atoms with Gasteiger partial charge >= 0.3 is 5.97 Å². The van der Waals surface area contributed by atoms with Crippen molar-refractivity contribution in [2.75, 3.05) is 0 Å². The predicted octanol–water partition coefficient (Wildman–Crippen LogP) is 6.78. The van der Waals surface area contributed by atoms with E-state index in [2.05, 4.69) is 32.9 Å². The van der Waals surface area contributed by atoms with Crippen molar-refractivity contribution in [2.24, 2.45) is 0 Å². The predicted molar refractivity (Wildman–Crippen MR) is 126 cm³/mol. The average Bonchev–Trinajstić information content (AvgIpc) is 3.03. The second kappa shape index (κ2) is 8.29. The summed E-state index contributed by atoms with van der Waals surface area (Å²) in [5.74, 6) is 0.233. The first-order valence-corrected chi connectivity index (χ1v) is 10.7. The normalized spacial score (nSPS) is 14.3. The molecule has 0 aromatic heterocycles. The molecule has 4 rings (SSSR count). The third kappa shape index (κ3) is 4.46. The van der Waals surface area contributed by atoms with E-state index in [-0.39, 0.29) is 17.0 Å². The number of hydrogen-bond acceptors (Lipinski definition) is 4. The van der Waals surface area contributed by atoms with Crippen LogP contribution >= 0.6 is 11.6 Å². The van der Waals surface area contributed by atoms with Crippen molar-refractivity contribution >= 4 is 29.4 Å². The fourth-order valence-corrected chi connectivity index (χ4v) is 3.64. The van der Waals surface area contributed by atoms with Crippen molar-refractivity contribution in [1.82, 2.24) is 0 Å². The summed E-state index contributed by atoms with van der Waals surface area (Å²) < 4.78 is 11.3. The molecule has 0 N–H and O–H groups in total. The Bertz CT molecular complexity index is 1230. The van der Waals surface area contributed by atoms with E-state index in [1.165, 1.54) is 5.56 Å². The van der Waals surface area contributed by atoms with E-state index in [0.717, 1.165) is 5.56 Å². The maximum atomic E-state index is 12.9. The van der Waals surface area contributed by atoms with Crippen LogP contribution in [-0.2, 0) is 5.41 Å². The van der Waals surface area contributed by atoms with Gasteiger partial charge in [-0.15, -0.1) is 0 Å². The molecule has 0 unspecified atom stereocenters. The summed E-state index contributed by atoms with van der Waals surface area (Å²) in [5.41, 5.74) is 3.68. The summed E-state index contributed by atoms with van der Waals surface area (Å²) in [4.78, 5) is 25.3. The molecule has 5 heteroatoms. The fraction of sp³-hybridized carbons (Fsp3) is 0.185. The van der Waals surface area contributed by atoms with Gasteiger partial charge in [-0.05, 0) is 65.4 Å². The fourth-order valence-electron chi connectivity index (χ4n) is 3.52. The highest BCUT2D eigenvalue weighted by Crippen LogP contribution is 2.38. The summed E-state index contributed by atoms with van der Waals surface area (Å²) in [6.07, 6.45) is 1.73. The maximum Gasteiger partial charge on any atom is 0.343 e. The molecule has 1 aliphatic rings. The molecular formula is C27H23ClO4. The summed E-state index contributed by atoms with van der Waals surface area (Å²) in [5, 5.41) is 0.536. The van der Waals surface area contributed by atoms with Gasteiger partial charge in [0.25, 0.3) is 0 Å². The second-order valence-electron chi connectivity index (χ2n) is 8.82. The van der Waals surface area contributed by atoms with Gasteiger partial charge in [0.2, 0.25) is 5.78 Å². The Morgan fingerprint density at radius 3 is 2.28 bits per heavy atom. The molecule has 1 heterocycles. The standard InChI is InChI=1S/C27H23ClO4/c1-16-13-21(31-26(30)18-7-11-20(28)12-8-18)15-22-24(16)25(29)23(32-22)14-17-5-9-19(10-6-17)27(2,3)4/h5-15H,1-4H3/b23-14-. The Hall–Kier alpha value is -3.37. The first kappa shape index (κ1) is 21.8. The minimum absolute atomic E-state index is 0.0541. The first-order valence-electron chi connectivity index (χ1n) is 10.3. The van der Waals surface area contributed by atoms with Gasteiger partial charge in [0.05, 0.1) is 11.1 Å². The van der Waals surface area contributed by atoms with E-state index in [1.54, 1.807) is 49.4 Å². The van der Waals surface area contributed by atoms with E-state index >= 15 is 0 Å². The average molecular weight is 447 g/mol. The topological polar surface area (TPSA) is 52.6 Å². The highest BCUT2D eigenvalue weighted by Gasteiger charge is 2.30. The molecular weight excluding hydrogens is 424 g/mol. The zero-order chi connectivity index (χ0) is 23.0. The number of allylic oxidation sites excluding steroid dienone is 1. The van der Waals surface area contributed by atoms with Crippen LogP contribution in [0.2, 0.25) is 5.02 Å². The second-order valence-corrected chi connectivity index (χ2v) is 9.26. The van der Waals surface area contributed by atoms with Gasteiger partial charge in [-0.1, -0.05) is 56.6 Å². The van der Waals surface area contributed by atoms with Crippen LogP contribution in [0.3, 0.4) is 0 Å². The first-order chi connectivity index (χ1) is 15.1. The van der Waals surface area contributed by atoms with E-state index in [1.807, 2.05) is 12.1 Å². The zero-order valence-electron chi connectivity index (χ0n) is 18.4. The number of carbonyl (C=O) groups is 2. The van der Waals surface area contributed by atoms with Crippen molar-refractivity contribution in [2.45, 2.75) is 33.1 Å². The summed E-state index contributed by atoms with van der Waals surface area (Å²) in [6.45, 7) is 8.25. The number of ketones is 1. The zero-order valence-corrected chi connectivity index (χ0v) is 19.1. The molecule has 3 aromatic carbocycles. The van der Waals surface area contributed by atoms with Gasteiger partial charge in [-0.3, -0.25) is 4.79 Å². The van der Waals surface area contributed by atoms with Crippen LogP contribution in [0.5, 0.6) is 11.5 Å². The molecule has 4 nitrogen and oxygen atoms in total. The molecule has 0 fully saturated rings. The highest BCUT2D eigenvalue weighted by atomic mass is 35.5. The number of carbonyl (C=O) groups excluding carboxylic acids is 2. The molecule has 0 atom stereocenters. The lowest BCUT2D eigenvalue weighted by atomic mass is 9.86. The molecule has 162 valence electrons. The van der Waals surface area contributed by atoms with Crippen LogP contribution in [0.4, 0.5) is 0 Å². The van der Waals surface area contributed by atoms with Gasteiger partial charge in [0, 0.05) is 11.1 Å². The smallest absolute Gasteiger partial charge is 0.343 e. The van der Waals surface area contributed by atoms with Crippen LogP contribution in [-0.4, -0.2) is 11.8 Å². The van der Waals surface area contributed by atoms with Gasteiger partial charge in [0.15, 0.2) is 5.76 Å². The molecule has 0 amide bonds. The van der Waals surface area contributed by atoms with E-state index in [0.29, 0.717) is 33.2 Å². The van der Waals surface area contributed by atoms with E-state index in [9.17, 15) is 9.59 Å². The lowest BCUT2D eigenvalue weighted by Crippen LogP contribution is -2.10. The lowest BCUT2D eigenvalue weighted by Gasteiger charge is -2.18. The monoisotopic (exact) mass is 446 g/mol. The molecule has 32 heavy (non-hydrogen) atoms. The molecule has 1 aliphatic heterocycles. The summed E-state index contributed by atoms with van der Waals surface area (Å²) >= 11 is 5.87. The number of hydrogen-bond donors (Lipinski definition) is 0. The molecule has 0 radical (unpaired) electrons. The Kier molecular flexibility index (Phi) is 5.66. The van der Waals surface area contributed by atoms with E-state index in [4.69, 9.17) is 21.1 Å². The van der Waals surface area contributed by atoms with Crippen LogP contribution in [0.15, 0.2) is 66.4 Å². The van der Waals surface area contributed by atoms with Crippen LogP contribution in [0.1, 0.15) is 58.2 Å². The quantitative estimate of drug-likeness (QED) is 0.253. The SMILES string of the molecule is Cc1cc(OC(=O)c2ccc(Cl)cc2)cc2c1C(=O)/C(=C/c1ccc(C(C)(C)C)cc1)O2. The minimum Gasteiger partial charge on any atom is -0.452 e. The Labute approximate surface area is 192 Å². The number of fused-ring (bicyclic) bond motifs is 1. The molecule has 0 aliphatic carbocycles. The Morgan fingerprint density at radius 2 is 1.66 bits per heavy atom. The third-order valence-corrected chi connectivity index (χ3v) is 5.56. The molecule has 0 saturated carbocycles. The number of Topliss-reactive ketones (excluding diaryl/α,β-unsaturated/α-hetero) is 1. The van der Waals surface area contributed by atoms with Gasteiger partial charge in [-0.2, -0.15) is 0 Å².